The molecule has 3 aliphatic heterocycles. The fourth-order valence-corrected chi connectivity index (χ4v) is 7.29. The van der Waals surface area contributed by atoms with Crippen LogP contribution in [0.3, 0.4) is 0 Å². The van der Waals surface area contributed by atoms with Gasteiger partial charge in [0.1, 0.15) is 6.04 Å². The van der Waals surface area contributed by atoms with Crippen LogP contribution in [0.5, 0.6) is 0 Å². The average Bonchev–Trinajstić information content (AvgIpc) is 3.30. The Morgan fingerprint density at radius 2 is 2.11 bits per heavy atom. The zero-order valence-electron chi connectivity index (χ0n) is 16.8. The summed E-state index contributed by atoms with van der Waals surface area (Å²) in [6, 6.07) is -0.546. The minimum absolute atomic E-state index is 0.0542. The molecule has 0 aromatic carbocycles. The molecular formula is C20H32N2O5S. The number of nitrogens with one attached hydrogen (secondary N) is 1. The number of rotatable bonds is 10. The van der Waals surface area contributed by atoms with Crippen LogP contribution in [0.2, 0.25) is 0 Å². The van der Waals surface area contributed by atoms with Gasteiger partial charge in [0.2, 0.25) is 11.8 Å². The Morgan fingerprint density at radius 1 is 1.32 bits per heavy atom. The summed E-state index contributed by atoms with van der Waals surface area (Å²) in [7, 11) is 0. The topological polar surface area (TPSA) is 95.9 Å². The molecule has 5 atom stereocenters. The first-order valence-electron chi connectivity index (χ1n) is 10.5. The largest absolute Gasteiger partial charge is 0.466 e. The molecule has 3 saturated heterocycles. The Bertz CT molecular complexity index is 615. The van der Waals surface area contributed by atoms with Crippen molar-refractivity contribution in [3.05, 3.63) is 0 Å². The van der Waals surface area contributed by atoms with Crippen LogP contribution in [0.1, 0.15) is 52.4 Å². The molecule has 7 nitrogen and oxygen atoms in total. The fourth-order valence-electron chi connectivity index (χ4n) is 5.08. The third-order valence-electron chi connectivity index (χ3n) is 6.24. The first-order chi connectivity index (χ1) is 13.5. The van der Waals surface area contributed by atoms with Gasteiger partial charge in [-0.2, -0.15) is 0 Å². The first kappa shape index (κ1) is 21.4. The number of fused-ring (bicyclic) bond motifs is 1. The zero-order chi connectivity index (χ0) is 20.3. The molecule has 8 heteroatoms. The summed E-state index contributed by atoms with van der Waals surface area (Å²) < 4.78 is 4.75. The van der Waals surface area contributed by atoms with E-state index in [1.54, 1.807) is 23.6 Å². The lowest BCUT2D eigenvalue weighted by molar-refractivity contribution is -0.153. The molecule has 158 valence electrons. The van der Waals surface area contributed by atoms with E-state index in [-0.39, 0.29) is 29.6 Å². The summed E-state index contributed by atoms with van der Waals surface area (Å²) in [5.74, 6) is -1.44. The molecule has 0 aromatic rings. The number of ether oxygens (including phenoxy) is 1. The number of thioether (sulfide) groups is 1. The molecule has 0 aromatic heterocycles. The Labute approximate surface area is 170 Å². The summed E-state index contributed by atoms with van der Waals surface area (Å²) >= 11 is 1.66. The van der Waals surface area contributed by atoms with E-state index in [4.69, 9.17) is 9.84 Å². The van der Waals surface area contributed by atoms with Crippen molar-refractivity contribution in [3.8, 4) is 0 Å². The molecule has 0 saturated carbocycles. The van der Waals surface area contributed by atoms with Gasteiger partial charge in [-0.15, -0.1) is 11.8 Å². The number of carbonyl (C=O) groups is 3. The van der Waals surface area contributed by atoms with E-state index in [2.05, 4.69) is 12.2 Å². The second-order valence-electron chi connectivity index (χ2n) is 7.91. The van der Waals surface area contributed by atoms with Crippen molar-refractivity contribution >= 4 is 29.5 Å². The molecule has 3 fully saturated rings. The first-order valence-corrected chi connectivity index (χ1v) is 11.4. The van der Waals surface area contributed by atoms with Crippen LogP contribution in [-0.2, 0) is 19.1 Å². The fraction of sp³-hybridized carbons (Fsp3) is 0.850. The number of esters is 1. The van der Waals surface area contributed by atoms with Crippen LogP contribution in [0.4, 0.5) is 0 Å². The van der Waals surface area contributed by atoms with Gasteiger partial charge in [0, 0.05) is 24.9 Å². The third-order valence-corrected chi connectivity index (χ3v) is 8.20. The van der Waals surface area contributed by atoms with Crippen LogP contribution in [-0.4, -0.2) is 70.1 Å². The standard InChI is InChI=1S/C20H32N2O5S/c1-3-5-10-21-17(24)16-20-9-8-13(28-20)14(19(26)27-4-2)15(20)18(25)22(16)11-6-7-12-23/h13-16,23H,3-12H2,1-2H3,(H,21,24)/t13-,14+,15-,16?,20?/m0/s1. The maximum absolute atomic E-state index is 13.4. The highest BCUT2D eigenvalue weighted by molar-refractivity contribution is 8.02. The van der Waals surface area contributed by atoms with Crippen molar-refractivity contribution in [1.82, 2.24) is 10.2 Å². The maximum Gasteiger partial charge on any atom is 0.310 e. The SMILES string of the molecule is CCCCNC(=O)C1N(CCCCO)C(=O)[C@@H]2[C@H](C(=O)OCC)[C@@H]3CCC12S3. The molecule has 2 amide bonds. The van der Waals surface area contributed by atoms with E-state index >= 15 is 0 Å². The third kappa shape index (κ3) is 3.54. The normalized spacial score (nSPS) is 33.2. The lowest BCUT2D eigenvalue weighted by Gasteiger charge is -2.34. The lowest BCUT2D eigenvalue weighted by atomic mass is 9.71. The van der Waals surface area contributed by atoms with E-state index in [1.807, 2.05) is 0 Å². The second-order valence-corrected chi connectivity index (χ2v) is 9.52. The van der Waals surface area contributed by atoms with Gasteiger partial charge in [0.15, 0.2) is 0 Å². The van der Waals surface area contributed by atoms with Crippen molar-refractivity contribution in [1.29, 1.82) is 0 Å². The number of hydrogen-bond donors (Lipinski definition) is 2. The van der Waals surface area contributed by atoms with Crippen LogP contribution in [0.15, 0.2) is 0 Å². The summed E-state index contributed by atoms with van der Waals surface area (Å²) in [5.41, 5.74) is 0. The van der Waals surface area contributed by atoms with Crippen molar-refractivity contribution in [2.45, 2.75) is 68.4 Å². The van der Waals surface area contributed by atoms with Crippen molar-refractivity contribution in [2.24, 2.45) is 11.8 Å². The van der Waals surface area contributed by atoms with Gasteiger partial charge in [-0.3, -0.25) is 14.4 Å². The average molecular weight is 413 g/mol. The molecule has 28 heavy (non-hydrogen) atoms. The minimum Gasteiger partial charge on any atom is -0.466 e. The summed E-state index contributed by atoms with van der Waals surface area (Å²) in [5, 5.41) is 12.2. The predicted octanol–water partition coefficient (Wildman–Crippen LogP) is 1.33. The number of likely N-dealkylation sites (tertiary alicyclic amines) is 1. The van der Waals surface area contributed by atoms with Gasteiger partial charge in [-0.1, -0.05) is 13.3 Å². The maximum atomic E-state index is 13.4. The summed E-state index contributed by atoms with van der Waals surface area (Å²) in [6.45, 7) is 5.23. The number of nitrogens with zero attached hydrogens (tertiary/aromatic N) is 1. The highest BCUT2D eigenvalue weighted by Gasteiger charge is 2.73. The van der Waals surface area contributed by atoms with Crippen molar-refractivity contribution in [3.63, 3.8) is 0 Å². The number of unbranched alkanes of at least 4 members (excludes halogenated alkanes) is 2. The Kier molecular flexibility index (Phi) is 6.91. The van der Waals surface area contributed by atoms with E-state index in [0.29, 0.717) is 32.5 Å². The molecule has 0 radical (unpaired) electrons. The second kappa shape index (κ2) is 9.03. The van der Waals surface area contributed by atoms with Crippen LogP contribution < -0.4 is 5.32 Å². The molecule has 2 bridgehead atoms. The Hall–Kier alpha value is -1.28. The highest BCUT2D eigenvalue weighted by Crippen LogP contribution is 2.66. The van der Waals surface area contributed by atoms with Gasteiger partial charge >= 0.3 is 5.97 Å². The predicted molar refractivity (Wildman–Crippen MR) is 107 cm³/mol. The van der Waals surface area contributed by atoms with E-state index < -0.39 is 22.6 Å². The minimum atomic E-state index is -0.546. The highest BCUT2D eigenvalue weighted by atomic mass is 32.2. The Morgan fingerprint density at radius 3 is 2.79 bits per heavy atom. The Balaban J connectivity index is 1.88. The van der Waals surface area contributed by atoms with Gasteiger partial charge in [-0.05, 0) is 39.0 Å². The molecule has 3 aliphatic rings. The monoisotopic (exact) mass is 412 g/mol. The smallest absolute Gasteiger partial charge is 0.310 e. The van der Waals surface area contributed by atoms with Gasteiger partial charge < -0.3 is 20.1 Å². The number of carbonyl (C=O) groups excluding carboxylic acids is 3. The molecule has 3 heterocycles. The number of aliphatic hydroxyl groups excluding tert-OH is 1. The number of aliphatic hydroxyl groups is 1. The van der Waals surface area contributed by atoms with Gasteiger partial charge in [0.25, 0.3) is 0 Å². The molecule has 3 rings (SSSR count). The van der Waals surface area contributed by atoms with Gasteiger partial charge in [-0.25, -0.2) is 0 Å². The van der Waals surface area contributed by atoms with Gasteiger partial charge in [0.05, 0.1) is 23.2 Å². The molecule has 2 N–H and O–H groups in total. The quantitative estimate of drug-likeness (QED) is 0.415. The number of hydrogen-bond acceptors (Lipinski definition) is 6. The zero-order valence-corrected chi connectivity index (χ0v) is 17.6. The van der Waals surface area contributed by atoms with E-state index in [9.17, 15) is 14.4 Å². The molecule has 1 spiro atoms. The molecule has 2 unspecified atom stereocenters. The molecule has 0 aliphatic carbocycles. The van der Waals surface area contributed by atoms with Crippen molar-refractivity contribution in [2.75, 3.05) is 26.3 Å². The lowest BCUT2D eigenvalue weighted by Crippen LogP contribution is -2.53. The van der Waals surface area contributed by atoms with Crippen LogP contribution in [0, 0.1) is 11.8 Å². The molecular weight excluding hydrogens is 380 g/mol. The van der Waals surface area contributed by atoms with Crippen LogP contribution in [0.25, 0.3) is 0 Å². The summed E-state index contributed by atoms with van der Waals surface area (Å²) in [4.78, 5) is 40.9. The van der Waals surface area contributed by atoms with Crippen molar-refractivity contribution < 1.29 is 24.2 Å². The van der Waals surface area contributed by atoms with Crippen LogP contribution >= 0.6 is 11.8 Å². The summed E-state index contributed by atoms with van der Waals surface area (Å²) in [6.07, 6.45) is 4.72. The number of amides is 2. The van der Waals surface area contributed by atoms with E-state index in [0.717, 1.165) is 25.7 Å². The van der Waals surface area contributed by atoms with E-state index in [1.165, 1.54) is 0 Å².